The Hall–Kier alpha value is -1.03. The molecule has 4 nitrogen and oxygen atoms in total. The number of rotatable bonds is 2. The molecule has 0 aromatic heterocycles. The molecule has 0 saturated carbocycles. The second-order valence-corrected chi connectivity index (χ2v) is 1.60. The van der Waals surface area contributed by atoms with Crippen LogP contribution in [0.3, 0.4) is 0 Å². The lowest BCUT2D eigenvalue weighted by Gasteiger charge is -1.90. The van der Waals surface area contributed by atoms with Crippen LogP contribution in [0.5, 0.6) is 0 Å². The molecule has 0 aliphatic heterocycles. The zero-order valence-electron chi connectivity index (χ0n) is 4.39. The Morgan fingerprint density at radius 2 is 2.22 bits per heavy atom. The summed E-state index contributed by atoms with van der Waals surface area (Å²) in [5.41, 5.74) is 4.12. The van der Waals surface area contributed by atoms with Crippen molar-refractivity contribution in [3.63, 3.8) is 0 Å². The van der Waals surface area contributed by atoms with Gasteiger partial charge in [-0.2, -0.15) is 0 Å². The zero-order chi connectivity index (χ0) is 7.44. The second-order valence-electron chi connectivity index (χ2n) is 1.19. The topological polar surface area (TPSA) is 87.2 Å². The summed E-state index contributed by atoms with van der Waals surface area (Å²) in [6, 6.07) is 0. The highest BCUT2D eigenvalue weighted by atomic mass is 35.5. The van der Waals surface area contributed by atoms with E-state index in [0.29, 0.717) is 0 Å². The van der Waals surface area contributed by atoms with Gasteiger partial charge in [0.05, 0.1) is 5.03 Å². The molecule has 0 aromatic carbocycles. The fraction of sp³-hybridized carbons (Fsp3) is 0. The third-order valence-corrected chi connectivity index (χ3v) is 0.914. The van der Waals surface area contributed by atoms with E-state index in [1.165, 1.54) is 0 Å². The third-order valence-electron chi connectivity index (χ3n) is 0.599. The quantitative estimate of drug-likeness (QED) is 0.487. The van der Waals surface area contributed by atoms with Gasteiger partial charge < -0.3 is 10.8 Å². The molecule has 0 radical (unpaired) electrons. The molecule has 0 atom stereocenters. The van der Waals surface area contributed by atoms with Gasteiger partial charge in [0.15, 0.2) is 5.71 Å². The lowest BCUT2D eigenvalue weighted by molar-refractivity contribution is -0.129. The van der Waals surface area contributed by atoms with Crippen LogP contribution in [0.2, 0.25) is 0 Å². The van der Waals surface area contributed by atoms with E-state index in [2.05, 4.69) is 0 Å². The maximum Gasteiger partial charge on any atom is 0.355 e. The number of carboxylic acids is 1. The molecule has 0 amide bonds. The fourth-order valence-electron chi connectivity index (χ4n) is 0.185. The molecule has 4 N–H and O–H groups in total. The molecule has 0 aliphatic carbocycles. The first-order valence-corrected chi connectivity index (χ1v) is 2.37. The van der Waals surface area contributed by atoms with Crippen LogP contribution in [-0.4, -0.2) is 16.8 Å². The standard InChI is InChI=1S/C4H5ClN2O2/c5-2(1-6)3(7)4(8)9/h1,7H,6H2,(H,8,9)/b2-1+,7-3?. The first kappa shape index (κ1) is 7.97. The van der Waals surface area contributed by atoms with Crippen LogP contribution in [0.25, 0.3) is 0 Å². The van der Waals surface area contributed by atoms with Gasteiger partial charge in [-0.3, -0.25) is 5.41 Å². The predicted octanol–water partition coefficient (Wildman–Crippen LogP) is 0.130. The Kier molecular flexibility index (Phi) is 2.73. The molecular formula is C4H5ClN2O2. The van der Waals surface area contributed by atoms with Crippen molar-refractivity contribution in [1.29, 1.82) is 5.41 Å². The van der Waals surface area contributed by atoms with Crippen molar-refractivity contribution in [2.45, 2.75) is 0 Å². The number of halogens is 1. The van der Waals surface area contributed by atoms with Crippen LogP contribution in [-0.2, 0) is 4.79 Å². The molecule has 5 heteroatoms. The lowest BCUT2D eigenvalue weighted by atomic mass is 10.4. The average Bonchev–Trinajstić information content (AvgIpc) is 1.84. The first-order chi connectivity index (χ1) is 4.09. The summed E-state index contributed by atoms with van der Waals surface area (Å²) in [6.45, 7) is 0. The predicted molar refractivity (Wildman–Crippen MR) is 33.5 cm³/mol. The number of hydrogen-bond acceptors (Lipinski definition) is 3. The Morgan fingerprint density at radius 3 is 2.33 bits per heavy atom. The number of carboxylic acid groups (broad SMARTS) is 1. The second kappa shape index (κ2) is 3.09. The molecule has 0 unspecified atom stereocenters. The molecule has 0 aliphatic rings. The van der Waals surface area contributed by atoms with Crippen LogP contribution < -0.4 is 5.73 Å². The summed E-state index contributed by atoms with van der Waals surface area (Å²) in [4.78, 5) is 9.89. The van der Waals surface area contributed by atoms with Gasteiger partial charge in [0.2, 0.25) is 0 Å². The third kappa shape index (κ3) is 2.14. The van der Waals surface area contributed by atoms with E-state index >= 15 is 0 Å². The summed E-state index contributed by atoms with van der Waals surface area (Å²) >= 11 is 5.14. The summed E-state index contributed by atoms with van der Waals surface area (Å²) in [7, 11) is 0. The van der Waals surface area contributed by atoms with E-state index in [-0.39, 0.29) is 5.03 Å². The van der Waals surface area contributed by atoms with E-state index in [9.17, 15) is 4.79 Å². The van der Waals surface area contributed by atoms with Gasteiger partial charge in [-0.15, -0.1) is 0 Å². The lowest BCUT2D eigenvalue weighted by Crippen LogP contribution is -2.12. The monoisotopic (exact) mass is 148 g/mol. The number of hydrogen-bond donors (Lipinski definition) is 3. The van der Waals surface area contributed by atoms with Crippen LogP contribution in [0, 0.1) is 5.41 Å². The van der Waals surface area contributed by atoms with Crippen LogP contribution in [0.15, 0.2) is 11.2 Å². The molecule has 0 spiro atoms. The molecule has 0 saturated heterocycles. The summed E-state index contributed by atoms with van der Waals surface area (Å²) < 4.78 is 0. The van der Waals surface area contributed by atoms with Crippen molar-refractivity contribution in [3.05, 3.63) is 11.2 Å². The van der Waals surface area contributed by atoms with Gasteiger partial charge in [-0.1, -0.05) is 11.6 Å². The van der Waals surface area contributed by atoms with Crippen molar-refractivity contribution in [3.8, 4) is 0 Å². The Morgan fingerprint density at radius 1 is 1.78 bits per heavy atom. The largest absolute Gasteiger partial charge is 0.476 e. The highest BCUT2D eigenvalue weighted by Gasteiger charge is 2.08. The van der Waals surface area contributed by atoms with Gasteiger partial charge in [0.25, 0.3) is 0 Å². The molecule has 50 valence electrons. The van der Waals surface area contributed by atoms with Crippen molar-refractivity contribution in [1.82, 2.24) is 0 Å². The number of nitrogens with one attached hydrogen (secondary N) is 1. The average molecular weight is 149 g/mol. The Bertz CT molecular complexity index is 175. The molecule has 0 fully saturated rings. The normalized spacial score (nSPS) is 11.0. The number of carbonyl (C=O) groups is 1. The molecular weight excluding hydrogens is 144 g/mol. The maximum atomic E-state index is 9.89. The van der Waals surface area contributed by atoms with Crippen LogP contribution in [0.4, 0.5) is 0 Å². The minimum absolute atomic E-state index is 0.262. The van der Waals surface area contributed by atoms with E-state index in [0.717, 1.165) is 6.20 Å². The maximum absolute atomic E-state index is 9.89. The summed E-state index contributed by atoms with van der Waals surface area (Å²) in [6.07, 6.45) is 0.859. The van der Waals surface area contributed by atoms with Gasteiger partial charge in [-0.05, 0) is 0 Å². The number of nitrogens with two attached hydrogens (primary N) is 1. The van der Waals surface area contributed by atoms with Crippen molar-refractivity contribution >= 4 is 23.3 Å². The molecule has 9 heavy (non-hydrogen) atoms. The molecule has 0 rings (SSSR count). The SMILES string of the molecule is N=C(C(=O)O)/C(Cl)=C\N. The van der Waals surface area contributed by atoms with E-state index in [1.54, 1.807) is 0 Å². The Balaban J connectivity index is 4.23. The highest BCUT2D eigenvalue weighted by Crippen LogP contribution is 1.99. The van der Waals surface area contributed by atoms with E-state index < -0.39 is 11.7 Å². The molecule has 0 bridgehead atoms. The summed E-state index contributed by atoms with van der Waals surface area (Å²) in [5.74, 6) is -1.39. The van der Waals surface area contributed by atoms with Gasteiger partial charge in [-0.25, -0.2) is 4.79 Å². The zero-order valence-corrected chi connectivity index (χ0v) is 5.14. The summed E-state index contributed by atoms with van der Waals surface area (Å²) in [5, 5.41) is 14.5. The minimum atomic E-state index is -1.39. The van der Waals surface area contributed by atoms with Crippen molar-refractivity contribution in [2.24, 2.45) is 5.73 Å². The van der Waals surface area contributed by atoms with Crippen molar-refractivity contribution in [2.75, 3.05) is 0 Å². The first-order valence-electron chi connectivity index (χ1n) is 1.99. The van der Waals surface area contributed by atoms with Crippen LogP contribution >= 0.6 is 11.6 Å². The fourth-order valence-corrected chi connectivity index (χ4v) is 0.266. The van der Waals surface area contributed by atoms with Gasteiger partial charge >= 0.3 is 5.97 Å². The Labute approximate surface area is 56.4 Å². The molecule has 0 aromatic rings. The van der Waals surface area contributed by atoms with Crippen LogP contribution in [0.1, 0.15) is 0 Å². The smallest absolute Gasteiger partial charge is 0.355 e. The van der Waals surface area contributed by atoms with E-state index in [1.807, 2.05) is 0 Å². The van der Waals surface area contributed by atoms with Gasteiger partial charge in [0, 0.05) is 6.20 Å². The van der Waals surface area contributed by atoms with E-state index in [4.69, 9.17) is 27.9 Å². The molecule has 0 heterocycles. The highest BCUT2D eigenvalue weighted by molar-refractivity contribution is 6.56. The van der Waals surface area contributed by atoms with Gasteiger partial charge in [0.1, 0.15) is 0 Å². The number of aliphatic carboxylic acids is 1. The minimum Gasteiger partial charge on any atom is -0.476 e. The van der Waals surface area contributed by atoms with Crippen molar-refractivity contribution < 1.29 is 9.90 Å².